The summed E-state index contributed by atoms with van der Waals surface area (Å²) in [5.74, 6) is -0.492. The van der Waals surface area contributed by atoms with Crippen LogP contribution in [-0.4, -0.2) is 10.9 Å². The summed E-state index contributed by atoms with van der Waals surface area (Å²) in [6.07, 6.45) is 1.59. The van der Waals surface area contributed by atoms with Crippen molar-refractivity contribution in [2.75, 3.05) is 5.32 Å². The molecule has 4 heteroatoms. The summed E-state index contributed by atoms with van der Waals surface area (Å²) in [4.78, 5) is 16.8. The number of pyridine rings is 1. The van der Waals surface area contributed by atoms with Crippen molar-refractivity contribution >= 4 is 11.6 Å². The molecule has 1 N–H and O–H groups in total. The van der Waals surface area contributed by atoms with Gasteiger partial charge in [0.25, 0.3) is 5.91 Å². The third-order valence-electron chi connectivity index (χ3n) is 3.76. The van der Waals surface area contributed by atoms with E-state index in [2.05, 4.69) is 10.3 Å². The van der Waals surface area contributed by atoms with Gasteiger partial charge in [-0.3, -0.25) is 9.78 Å². The third kappa shape index (κ3) is 3.49. The minimum atomic E-state index is -0.287. The van der Waals surface area contributed by atoms with E-state index in [1.165, 1.54) is 12.1 Å². The first-order valence-corrected chi connectivity index (χ1v) is 7.63. The Morgan fingerprint density at radius 3 is 2.62 bits per heavy atom. The number of nitrogens with one attached hydrogen (secondary N) is 1. The number of carbonyl (C=O) groups excluding carboxylic acids is 1. The molecule has 0 aliphatic rings. The van der Waals surface area contributed by atoms with Crippen molar-refractivity contribution in [2.45, 2.75) is 13.8 Å². The maximum atomic E-state index is 13.3. The number of amides is 1. The molecule has 0 spiro atoms. The van der Waals surface area contributed by atoms with Gasteiger partial charge in [0, 0.05) is 23.0 Å². The summed E-state index contributed by atoms with van der Waals surface area (Å²) in [6.45, 7) is 3.79. The number of benzene rings is 2. The molecular weight excluding hydrogens is 303 g/mol. The predicted molar refractivity (Wildman–Crippen MR) is 93.5 cm³/mol. The van der Waals surface area contributed by atoms with Crippen LogP contribution in [-0.2, 0) is 0 Å². The number of carbonyl (C=O) groups is 1. The van der Waals surface area contributed by atoms with E-state index in [0.29, 0.717) is 11.3 Å². The van der Waals surface area contributed by atoms with Gasteiger partial charge >= 0.3 is 0 Å². The Kier molecular flexibility index (Phi) is 4.38. The van der Waals surface area contributed by atoms with Crippen LogP contribution in [0.15, 0.2) is 60.8 Å². The zero-order valence-electron chi connectivity index (χ0n) is 13.5. The molecule has 0 aliphatic heterocycles. The molecule has 0 bridgehead atoms. The number of aromatic nitrogens is 1. The lowest BCUT2D eigenvalue weighted by molar-refractivity contribution is 0.102. The van der Waals surface area contributed by atoms with Crippen LogP contribution in [0.25, 0.3) is 11.3 Å². The predicted octanol–water partition coefficient (Wildman–Crippen LogP) is 4.76. The summed E-state index contributed by atoms with van der Waals surface area (Å²) >= 11 is 0. The van der Waals surface area contributed by atoms with Crippen LogP contribution in [0.2, 0.25) is 0 Å². The van der Waals surface area contributed by atoms with Gasteiger partial charge in [0.1, 0.15) is 5.82 Å². The minimum Gasteiger partial charge on any atom is -0.322 e. The first kappa shape index (κ1) is 15.9. The minimum absolute atomic E-state index is 0.205. The Morgan fingerprint density at radius 2 is 1.88 bits per heavy atom. The second-order valence-electron chi connectivity index (χ2n) is 5.71. The maximum Gasteiger partial charge on any atom is 0.255 e. The molecule has 0 atom stereocenters. The number of aryl methyl sites for hydroxylation is 2. The van der Waals surface area contributed by atoms with Gasteiger partial charge in [0.05, 0.1) is 5.69 Å². The van der Waals surface area contributed by atoms with E-state index in [1.807, 2.05) is 38.1 Å². The van der Waals surface area contributed by atoms with Gasteiger partial charge in [-0.05, 0) is 67.4 Å². The number of halogens is 1. The van der Waals surface area contributed by atoms with Gasteiger partial charge in [0.15, 0.2) is 0 Å². The van der Waals surface area contributed by atoms with Gasteiger partial charge in [-0.2, -0.15) is 0 Å². The zero-order chi connectivity index (χ0) is 17.1. The highest BCUT2D eigenvalue weighted by atomic mass is 19.1. The number of anilines is 1. The molecule has 1 aromatic heterocycles. The fraction of sp³-hybridized carbons (Fsp3) is 0.100. The molecule has 120 valence electrons. The Balaban J connectivity index is 1.88. The Labute approximate surface area is 140 Å². The van der Waals surface area contributed by atoms with Crippen molar-refractivity contribution < 1.29 is 9.18 Å². The van der Waals surface area contributed by atoms with Gasteiger partial charge in [-0.1, -0.05) is 12.1 Å². The van der Waals surface area contributed by atoms with Crippen molar-refractivity contribution in [2.24, 2.45) is 0 Å². The van der Waals surface area contributed by atoms with E-state index < -0.39 is 0 Å². The van der Waals surface area contributed by atoms with E-state index in [9.17, 15) is 9.18 Å². The SMILES string of the molecule is Cc1cccc(NC(=O)c2ccnc(-c3ccc(F)cc3C)c2)c1. The Hall–Kier alpha value is -3.01. The van der Waals surface area contributed by atoms with Crippen molar-refractivity contribution in [3.05, 3.63) is 83.3 Å². The Bertz CT molecular complexity index is 906. The van der Waals surface area contributed by atoms with Crippen LogP contribution in [0, 0.1) is 19.7 Å². The van der Waals surface area contributed by atoms with Crippen LogP contribution in [0.5, 0.6) is 0 Å². The molecule has 1 heterocycles. The lowest BCUT2D eigenvalue weighted by Gasteiger charge is -2.09. The van der Waals surface area contributed by atoms with Crippen LogP contribution < -0.4 is 5.32 Å². The first-order chi connectivity index (χ1) is 11.5. The number of hydrogen-bond acceptors (Lipinski definition) is 2. The summed E-state index contributed by atoms with van der Waals surface area (Å²) in [6, 6.07) is 15.5. The molecule has 0 aliphatic carbocycles. The molecule has 2 aromatic carbocycles. The monoisotopic (exact) mass is 320 g/mol. The average Bonchev–Trinajstić information content (AvgIpc) is 2.55. The summed E-state index contributed by atoms with van der Waals surface area (Å²) < 4.78 is 13.3. The smallest absolute Gasteiger partial charge is 0.255 e. The van der Waals surface area contributed by atoms with Crippen LogP contribution in [0.4, 0.5) is 10.1 Å². The fourth-order valence-corrected chi connectivity index (χ4v) is 2.56. The molecule has 24 heavy (non-hydrogen) atoms. The van der Waals surface area contributed by atoms with Crippen LogP contribution >= 0.6 is 0 Å². The lowest BCUT2D eigenvalue weighted by atomic mass is 10.0. The molecule has 1 amide bonds. The van der Waals surface area contributed by atoms with E-state index in [0.717, 1.165) is 22.4 Å². The lowest BCUT2D eigenvalue weighted by Crippen LogP contribution is -2.12. The van der Waals surface area contributed by atoms with Crippen molar-refractivity contribution in [1.29, 1.82) is 0 Å². The number of hydrogen-bond donors (Lipinski definition) is 1. The highest BCUT2D eigenvalue weighted by Gasteiger charge is 2.10. The van der Waals surface area contributed by atoms with Gasteiger partial charge < -0.3 is 5.32 Å². The van der Waals surface area contributed by atoms with E-state index in [-0.39, 0.29) is 11.7 Å². The average molecular weight is 320 g/mol. The topological polar surface area (TPSA) is 42.0 Å². The van der Waals surface area contributed by atoms with E-state index in [4.69, 9.17) is 0 Å². The molecule has 0 radical (unpaired) electrons. The first-order valence-electron chi connectivity index (χ1n) is 7.63. The molecule has 0 saturated heterocycles. The van der Waals surface area contributed by atoms with Crippen molar-refractivity contribution in [1.82, 2.24) is 4.98 Å². The van der Waals surface area contributed by atoms with Crippen LogP contribution in [0.3, 0.4) is 0 Å². The summed E-state index contributed by atoms with van der Waals surface area (Å²) in [7, 11) is 0. The van der Waals surface area contributed by atoms with E-state index in [1.54, 1.807) is 24.4 Å². The fourth-order valence-electron chi connectivity index (χ4n) is 2.56. The molecule has 3 nitrogen and oxygen atoms in total. The molecule has 0 fully saturated rings. The van der Waals surface area contributed by atoms with Gasteiger partial charge in [-0.15, -0.1) is 0 Å². The van der Waals surface area contributed by atoms with Gasteiger partial charge in [-0.25, -0.2) is 4.39 Å². The van der Waals surface area contributed by atoms with E-state index >= 15 is 0 Å². The quantitative estimate of drug-likeness (QED) is 0.756. The van der Waals surface area contributed by atoms with Crippen LogP contribution in [0.1, 0.15) is 21.5 Å². The molecule has 3 rings (SSSR count). The summed E-state index contributed by atoms with van der Waals surface area (Å²) in [5, 5.41) is 2.87. The van der Waals surface area contributed by atoms with Crippen molar-refractivity contribution in [3.8, 4) is 11.3 Å². The molecule has 3 aromatic rings. The Morgan fingerprint density at radius 1 is 1.04 bits per heavy atom. The second kappa shape index (κ2) is 6.62. The highest BCUT2D eigenvalue weighted by Crippen LogP contribution is 2.23. The zero-order valence-corrected chi connectivity index (χ0v) is 13.5. The van der Waals surface area contributed by atoms with Crippen molar-refractivity contribution in [3.63, 3.8) is 0 Å². The maximum absolute atomic E-state index is 13.3. The third-order valence-corrected chi connectivity index (χ3v) is 3.76. The molecule has 0 saturated carbocycles. The standard InChI is InChI=1S/C20H17FN2O/c1-13-4-3-5-17(10-13)23-20(24)15-8-9-22-19(12-15)18-7-6-16(21)11-14(18)2/h3-12H,1-2H3,(H,23,24). The summed E-state index contributed by atoms with van der Waals surface area (Å²) in [5.41, 5.74) is 4.55. The normalized spacial score (nSPS) is 10.5. The second-order valence-corrected chi connectivity index (χ2v) is 5.71. The largest absolute Gasteiger partial charge is 0.322 e. The number of rotatable bonds is 3. The number of nitrogens with zero attached hydrogens (tertiary/aromatic N) is 1. The van der Waals surface area contributed by atoms with Gasteiger partial charge in [0.2, 0.25) is 0 Å². The molecule has 0 unspecified atom stereocenters. The molecular formula is C20H17FN2O. The highest BCUT2D eigenvalue weighted by molar-refractivity contribution is 6.04.